The number of methoxy groups -OCH3 is 4. The molecule has 0 radical (unpaired) electrons. The summed E-state index contributed by atoms with van der Waals surface area (Å²) in [4.78, 5) is 0. The van der Waals surface area contributed by atoms with Gasteiger partial charge in [0.25, 0.3) is 0 Å². The van der Waals surface area contributed by atoms with Gasteiger partial charge in [0.2, 0.25) is 5.75 Å². The Morgan fingerprint density at radius 3 is 2.04 bits per heavy atom. The zero-order valence-corrected chi connectivity index (χ0v) is 16.6. The molecule has 2 N–H and O–H groups in total. The Kier molecular flexibility index (Phi) is 7.17. The third-order valence-electron chi connectivity index (χ3n) is 3.59. The Balaban J connectivity index is 2.04. The molecular weight excluding hydrogens is 376 g/mol. The molecule has 2 aromatic rings. The van der Waals surface area contributed by atoms with E-state index in [9.17, 15) is 0 Å². The van der Waals surface area contributed by atoms with Crippen molar-refractivity contribution in [2.45, 2.75) is 6.54 Å². The van der Waals surface area contributed by atoms with Crippen LogP contribution in [0.25, 0.3) is 0 Å². The van der Waals surface area contributed by atoms with Gasteiger partial charge >= 0.3 is 0 Å². The van der Waals surface area contributed by atoms with Gasteiger partial charge in [0.05, 0.1) is 33.5 Å². The molecule has 0 amide bonds. The molecule has 26 heavy (non-hydrogen) atoms. The fraction of sp³-hybridized carbons (Fsp3) is 0.278. The number of nitrogens with one attached hydrogen (secondary N) is 2. The minimum absolute atomic E-state index is 0.458. The van der Waals surface area contributed by atoms with Crippen molar-refractivity contribution < 1.29 is 18.9 Å². The summed E-state index contributed by atoms with van der Waals surface area (Å²) in [7, 11) is 6.29. The molecule has 2 aromatic carbocycles. The van der Waals surface area contributed by atoms with Gasteiger partial charge in [0.15, 0.2) is 16.6 Å². The summed E-state index contributed by atoms with van der Waals surface area (Å²) in [6, 6.07) is 9.07. The molecule has 140 valence electrons. The standard InChI is InChI=1S/C18H21ClN2O4S/c1-22-14-6-5-12(9-13(14)19)21-18(26)20-10-11-7-15(23-2)17(25-4)16(8-11)24-3/h5-9H,10H2,1-4H3,(H2,20,21,26). The number of anilines is 1. The first-order valence-electron chi connectivity index (χ1n) is 7.69. The molecule has 0 aliphatic heterocycles. The van der Waals surface area contributed by atoms with Crippen LogP contribution >= 0.6 is 23.8 Å². The Morgan fingerprint density at radius 2 is 1.54 bits per heavy atom. The Hall–Kier alpha value is -2.38. The second-order valence-corrected chi connectivity index (χ2v) is 6.01. The molecule has 0 bridgehead atoms. The molecule has 0 heterocycles. The summed E-state index contributed by atoms with van der Waals surface area (Å²) in [6.07, 6.45) is 0. The predicted octanol–water partition coefficient (Wildman–Crippen LogP) is 3.86. The Morgan fingerprint density at radius 1 is 0.923 bits per heavy atom. The lowest BCUT2D eigenvalue weighted by atomic mass is 10.2. The van der Waals surface area contributed by atoms with E-state index in [1.165, 1.54) is 0 Å². The third kappa shape index (κ3) is 4.83. The van der Waals surface area contributed by atoms with Crippen LogP contribution in [0.4, 0.5) is 5.69 Å². The highest BCUT2D eigenvalue weighted by atomic mass is 35.5. The van der Waals surface area contributed by atoms with Crippen molar-refractivity contribution in [1.29, 1.82) is 0 Å². The number of ether oxygens (including phenoxy) is 4. The molecule has 0 saturated heterocycles. The molecule has 0 unspecified atom stereocenters. The summed E-state index contributed by atoms with van der Waals surface area (Å²) in [5, 5.41) is 7.17. The minimum atomic E-state index is 0.458. The lowest BCUT2D eigenvalue weighted by Crippen LogP contribution is -2.27. The molecule has 0 aromatic heterocycles. The van der Waals surface area contributed by atoms with Gasteiger partial charge in [0.1, 0.15) is 5.75 Å². The van der Waals surface area contributed by atoms with E-state index in [1.54, 1.807) is 40.6 Å². The van der Waals surface area contributed by atoms with Crippen molar-refractivity contribution in [3.63, 3.8) is 0 Å². The third-order valence-corrected chi connectivity index (χ3v) is 4.13. The average molecular weight is 397 g/mol. The summed E-state index contributed by atoms with van der Waals surface area (Å²) in [5.41, 5.74) is 1.69. The first kappa shape index (κ1) is 19.9. The summed E-state index contributed by atoms with van der Waals surface area (Å²) in [5.74, 6) is 2.33. The lowest BCUT2D eigenvalue weighted by molar-refractivity contribution is 0.323. The van der Waals surface area contributed by atoms with Crippen LogP contribution in [0.1, 0.15) is 5.56 Å². The SMILES string of the molecule is COc1ccc(NC(=S)NCc2cc(OC)c(OC)c(OC)c2)cc1Cl. The van der Waals surface area contributed by atoms with Gasteiger partial charge in [-0.15, -0.1) is 0 Å². The van der Waals surface area contributed by atoms with Crippen molar-refractivity contribution in [2.75, 3.05) is 33.8 Å². The molecule has 0 fully saturated rings. The van der Waals surface area contributed by atoms with Crippen LogP contribution in [-0.4, -0.2) is 33.6 Å². The van der Waals surface area contributed by atoms with E-state index in [4.69, 9.17) is 42.8 Å². The molecule has 6 nitrogen and oxygen atoms in total. The highest BCUT2D eigenvalue weighted by Gasteiger charge is 2.13. The van der Waals surface area contributed by atoms with Crippen LogP contribution < -0.4 is 29.6 Å². The topological polar surface area (TPSA) is 61.0 Å². The van der Waals surface area contributed by atoms with Gasteiger partial charge in [-0.25, -0.2) is 0 Å². The van der Waals surface area contributed by atoms with Crippen molar-refractivity contribution >= 4 is 34.6 Å². The summed E-state index contributed by atoms with van der Waals surface area (Å²) >= 11 is 11.4. The van der Waals surface area contributed by atoms with Crippen molar-refractivity contribution in [3.05, 3.63) is 40.9 Å². The number of hydrogen-bond acceptors (Lipinski definition) is 5. The summed E-state index contributed by atoms with van der Waals surface area (Å²) in [6.45, 7) is 0.479. The van der Waals surface area contributed by atoms with Crippen LogP contribution in [0.2, 0.25) is 5.02 Å². The van der Waals surface area contributed by atoms with Crippen molar-refractivity contribution in [2.24, 2.45) is 0 Å². The zero-order valence-electron chi connectivity index (χ0n) is 15.0. The molecule has 0 spiro atoms. The zero-order chi connectivity index (χ0) is 19.1. The molecular formula is C18H21ClN2O4S. The average Bonchev–Trinajstić information content (AvgIpc) is 2.65. The molecule has 0 aliphatic carbocycles. The van der Waals surface area contributed by atoms with E-state index in [0.717, 1.165) is 11.3 Å². The minimum Gasteiger partial charge on any atom is -0.495 e. The fourth-order valence-electron chi connectivity index (χ4n) is 2.34. The molecule has 2 rings (SSSR count). The van der Waals surface area contributed by atoms with E-state index < -0.39 is 0 Å². The van der Waals surface area contributed by atoms with E-state index in [0.29, 0.717) is 39.7 Å². The monoisotopic (exact) mass is 396 g/mol. The van der Waals surface area contributed by atoms with E-state index in [-0.39, 0.29) is 0 Å². The summed E-state index contributed by atoms with van der Waals surface area (Å²) < 4.78 is 21.1. The smallest absolute Gasteiger partial charge is 0.203 e. The second kappa shape index (κ2) is 9.35. The number of halogens is 1. The first-order chi connectivity index (χ1) is 12.5. The fourth-order valence-corrected chi connectivity index (χ4v) is 2.79. The van der Waals surface area contributed by atoms with Crippen LogP contribution in [0.15, 0.2) is 30.3 Å². The van der Waals surface area contributed by atoms with Gasteiger partial charge in [-0.2, -0.15) is 0 Å². The Labute approximate surface area is 163 Å². The van der Waals surface area contributed by atoms with Crippen LogP contribution in [-0.2, 0) is 6.54 Å². The first-order valence-corrected chi connectivity index (χ1v) is 8.48. The quantitative estimate of drug-likeness (QED) is 0.689. The normalized spacial score (nSPS) is 10.0. The van der Waals surface area contributed by atoms with Crippen LogP contribution in [0.3, 0.4) is 0 Å². The number of benzene rings is 2. The van der Waals surface area contributed by atoms with Crippen molar-refractivity contribution in [1.82, 2.24) is 5.32 Å². The molecule has 8 heteroatoms. The van der Waals surface area contributed by atoms with E-state index in [1.807, 2.05) is 18.2 Å². The predicted molar refractivity (Wildman–Crippen MR) is 107 cm³/mol. The number of hydrogen-bond donors (Lipinski definition) is 2. The maximum absolute atomic E-state index is 6.11. The van der Waals surface area contributed by atoms with Crippen LogP contribution in [0.5, 0.6) is 23.0 Å². The lowest BCUT2D eigenvalue weighted by Gasteiger charge is -2.15. The highest BCUT2D eigenvalue weighted by molar-refractivity contribution is 7.80. The van der Waals surface area contributed by atoms with Crippen LogP contribution in [0, 0.1) is 0 Å². The van der Waals surface area contributed by atoms with E-state index in [2.05, 4.69) is 10.6 Å². The molecule has 0 saturated carbocycles. The number of rotatable bonds is 7. The van der Waals surface area contributed by atoms with Gasteiger partial charge in [-0.05, 0) is 48.1 Å². The highest BCUT2D eigenvalue weighted by Crippen LogP contribution is 2.38. The molecule has 0 atom stereocenters. The van der Waals surface area contributed by atoms with Gasteiger partial charge in [-0.1, -0.05) is 11.6 Å². The molecule has 0 aliphatic rings. The number of thiocarbonyl (C=S) groups is 1. The Bertz CT molecular complexity index is 761. The van der Waals surface area contributed by atoms with E-state index >= 15 is 0 Å². The largest absolute Gasteiger partial charge is 0.495 e. The maximum Gasteiger partial charge on any atom is 0.203 e. The van der Waals surface area contributed by atoms with Gasteiger partial charge in [0, 0.05) is 12.2 Å². The second-order valence-electron chi connectivity index (χ2n) is 5.19. The van der Waals surface area contributed by atoms with Crippen molar-refractivity contribution in [3.8, 4) is 23.0 Å². The maximum atomic E-state index is 6.11. The van der Waals surface area contributed by atoms with Gasteiger partial charge < -0.3 is 29.6 Å². The van der Waals surface area contributed by atoms with Gasteiger partial charge in [-0.3, -0.25) is 0 Å².